The van der Waals surface area contributed by atoms with Crippen LogP contribution in [-0.4, -0.2) is 11.6 Å². The number of alkyl halides is 1. The Bertz CT molecular complexity index is 1100. The van der Waals surface area contributed by atoms with Gasteiger partial charge in [-0.1, -0.05) is 126 Å². The molecule has 1 unspecified atom stereocenters. The van der Waals surface area contributed by atoms with E-state index >= 15 is 0 Å². The Morgan fingerprint density at radius 3 is 1.76 bits per heavy atom. The second-order valence-corrected chi connectivity index (χ2v) is 10.7. The molecule has 0 fully saturated rings. The summed E-state index contributed by atoms with van der Waals surface area (Å²) in [5.74, 6) is -0.440. The first-order valence-electron chi connectivity index (χ1n) is 14.6. The Balaban J connectivity index is 1.61. The maximum atomic E-state index is 15.0. The summed E-state index contributed by atoms with van der Waals surface area (Å²) in [7, 11) is 0. The highest BCUT2D eigenvalue weighted by molar-refractivity contribution is 5.84. The van der Waals surface area contributed by atoms with E-state index in [1.54, 1.807) is 12.1 Å². The molecule has 0 heterocycles. The molecule has 0 saturated heterocycles. The lowest BCUT2D eigenvalue weighted by atomic mass is 9.93. The predicted octanol–water partition coefficient (Wildman–Crippen LogP) is 10.5. The van der Waals surface area contributed by atoms with Gasteiger partial charge in [-0.3, -0.25) is 0 Å². The Labute approximate surface area is 229 Å². The molecule has 204 valence electrons. The number of hydrogen-bond donors (Lipinski definition) is 0. The summed E-state index contributed by atoms with van der Waals surface area (Å²) < 4.78 is 20.4. The van der Waals surface area contributed by atoms with Gasteiger partial charge in [0.25, 0.3) is 0 Å². The van der Waals surface area contributed by atoms with Gasteiger partial charge < -0.3 is 4.74 Å². The molecule has 3 rings (SSSR count). The van der Waals surface area contributed by atoms with Gasteiger partial charge in [0.1, 0.15) is 5.75 Å². The molecule has 38 heavy (non-hydrogen) atoms. The summed E-state index contributed by atoms with van der Waals surface area (Å²) in [4.78, 5) is 12.5. The number of hydrogen-bond acceptors (Lipinski definition) is 2. The molecule has 0 bridgehead atoms. The zero-order valence-corrected chi connectivity index (χ0v) is 23.6. The average molecular weight is 517 g/mol. The fourth-order valence-electron chi connectivity index (χ4n) is 4.85. The fraction of sp³-hybridized carbons (Fsp3) is 0.457. The Morgan fingerprint density at radius 1 is 0.684 bits per heavy atom. The number of aryl methyl sites for hydroxylation is 1. The third kappa shape index (κ3) is 9.11. The van der Waals surface area contributed by atoms with Crippen LogP contribution in [0.15, 0.2) is 72.8 Å². The van der Waals surface area contributed by atoms with Gasteiger partial charge in [0, 0.05) is 0 Å². The van der Waals surface area contributed by atoms with Crippen LogP contribution in [-0.2, 0) is 11.2 Å². The standard InChI is InChI=1S/C35H45FO2/c1-4-6-8-10-11-15-27-35(3,36)34(37)38-31-25-23-30(24-26-31)33-18-14-13-17-32(33)29-21-19-28(20-22-29)16-12-9-7-5-2/h13-14,17-26H,4-12,15-16,27H2,1-3H3. The van der Waals surface area contributed by atoms with Crippen LogP contribution in [0.25, 0.3) is 22.3 Å². The number of unbranched alkanes of at least 4 members (excludes halogenated alkanes) is 8. The summed E-state index contributed by atoms with van der Waals surface area (Å²) in [6, 6.07) is 24.6. The Morgan fingerprint density at radius 2 is 1.18 bits per heavy atom. The monoisotopic (exact) mass is 516 g/mol. The minimum Gasteiger partial charge on any atom is -0.424 e. The minimum atomic E-state index is -1.97. The van der Waals surface area contributed by atoms with E-state index < -0.39 is 11.6 Å². The van der Waals surface area contributed by atoms with Crippen molar-refractivity contribution in [2.75, 3.05) is 0 Å². The number of ether oxygens (including phenoxy) is 1. The summed E-state index contributed by atoms with van der Waals surface area (Å²) in [5.41, 5.74) is 3.88. The zero-order chi connectivity index (χ0) is 27.2. The second kappa shape index (κ2) is 15.5. The molecule has 3 heteroatoms. The van der Waals surface area contributed by atoms with Gasteiger partial charge in [0.05, 0.1) is 0 Å². The largest absolute Gasteiger partial charge is 0.424 e. The van der Waals surface area contributed by atoms with E-state index in [0.717, 1.165) is 36.0 Å². The summed E-state index contributed by atoms with van der Waals surface area (Å²) in [6.45, 7) is 5.75. The third-order valence-electron chi connectivity index (χ3n) is 7.31. The molecule has 0 amide bonds. The van der Waals surface area contributed by atoms with Crippen LogP contribution in [0.5, 0.6) is 5.75 Å². The molecule has 0 aliphatic carbocycles. The van der Waals surface area contributed by atoms with E-state index in [4.69, 9.17) is 4.74 Å². The normalized spacial score (nSPS) is 12.7. The van der Waals surface area contributed by atoms with Crippen molar-refractivity contribution in [3.63, 3.8) is 0 Å². The maximum absolute atomic E-state index is 15.0. The summed E-state index contributed by atoms with van der Waals surface area (Å²) in [5, 5.41) is 0. The lowest BCUT2D eigenvalue weighted by Crippen LogP contribution is -2.34. The van der Waals surface area contributed by atoms with E-state index in [9.17, 15) is 9.18 Å². The van der Waals surface area contributed by atoms with Crippen LogP contribution in [0.4, 0.5) is 4.39 Å². The van der Waals surface area contributed by atoms with Gasteiger partial charge >= 0.3 is 5.97 Å². The number of carbonyl (C=O) groups excluding carboxylic acids is 1. The van der Waals surface area contributed by atoms with Crippen molar-refractivity contribution < 1.29 is 13.9 Å². The molecule has 3 aromatic rings. The van der Waals surface area contributed by atoms with Crippen molar-refractivity contribution in [3.05, 3.63) is 78.4 Å². The second-order valence-electron chi connectivity index (χ2n) is 10.7. The SMILES string of the molecule is CCCCCCCCC(C)(F)C(=O)Oc1ccc(-c2ccccc2-c2ccc(CCCCCC)cc2)cc1. The zero-order valence-electron chi connectivity index (χ0n) is 23.6. The van der Waals surface area contributed by atoms with E-state index in [1.165, 1.54) is 63.0 Å². The van der Waals surface area contributed by atoms with Crippen LogP contribution < -0.4 is 4.74 Å². The van der Waals surface area contributed by atoms with Gasteiger partial charge in [-0.2, -0.15) is 0 Å². The molecule has 0 N–H and O–H groups in total. The first kappa shape index (κ1) is 29.6. The van der Waals surface area contributed by atoms with E-state index in [0.29, 0.717) is 12.2 Å². The van der Waals surface area contributed by atoms with Crippen LogP contribution >= 0.6 is 0 Å². The molecule has 1 atom stereocenters. The van der Waals surface area contributed by atoms with Crippen molar-refractivity contribution in [1.82, 2.24) is 0 Å². The van der Waals surface area contributed by atoms with Crippen LogP contribution in [0.3, 0.4) is 0 Å². The first-order valence-corrected chi connectivity index (χ1v) is 14.6. The first-order chi connectivity index (χ1) is 18.4. The van der Waals surface area contributed by atoms with Crippen LogP contribution in [0.1, 0.15) is 97.0 Å². The molecule has 0 spiro atoms. The van der Waals surface area contributed by atoms with Gasteiger partial charge in [-0.15, -0.1) is 0 Å². The number of carbonyl (C=O) groups is 1. The highest BCUT2D eigenvalue weighted by atomic mass is 19.1. The number of benzene rings is 3. The molecule has 0 radical (unpaired) electrons. The van der Waals surface area contributed by atoms with Crippen LogP contribution in [0.2, 0.25) is 0 Å². The van der Waals surface area contributed by atoms with Crippen molar-refractivity contribution in [1.29, 1.82) is 0 Å². The molecule has 2 nitrogen and oxygen atoms in total. The Kier molecular flexibility index (Phi) is 12.1. The average Bonchev–Trinajstić information content (AvgIpc) is 2.94. The van der Waals surface area contributed by atoms with E-state index in [1.807, 2.05) is 18.2 Å². The fourth-order valence-corrected chi connectivity index (χ4v) is 4.85. The van der Waals surface area contributed by atoms with Gasteiger partial charge in [0.15, 0.2) is 0 Å². The maximum Gasteiger partial charge on any atom is 0.348 e. The summed E-state index contributed by atoms with van der Waals surface area (Å²) >= 11 is 0. The molecule has 0 aliphatic rings. The van der Waals surface area contributed by atoms with E-state index in [-0.39, 0.29) is 6.42 Å². The number of rotatable bonds is 16. The van der Waals surface area contributed by atoms with Gasteiger partial charge in [-0.25, -0.2) is 9.18 Å². The van der Waals surface area contributed by atoms with E-state index in [2.05, 4.69) is 56.3 Å². The van der Waals surface area contributed by atoms with Crippen LogP contribution in [0, 0.1) is 0 Å². The smallest absolute Gasteiger partial charge is 0.348 e. The highest BCUT2D eigenvalue weighted by Gasteiger charge is 2.34. The van der Waals surface area contributed by atoms with Crippen molar-refractivity contribution in [2.45, 2.75) is 103 Å². The summed E-state index contributed by atoms with van der Waals surface area (Å²) in [6.07, 6.45) is 12.7. The molecule has 0 aliphatic heterocycles. The van der Waals surface area contributed by atoms with Crippen molar-refractivity contribution in [3.8, 4) is 28.0 Å². The third-order valence-corrected chi connectivity index (χ3v) is 7.31. The Hall–Kier alpha value is -2.94. The molecular weight excluding hydrogens is 471 g/mol. The quantitative estimate of drug-likeness (QED) is 0.107. The van der Waals surface area contributed by atoms with Crippen molar-refractivity contribution >= 4 is 5.97 Å². The highest BCUT2D eigenvalue weighted by Crippen LogP contribution is 2.33. The predicted molar refractivity (Wildman–Crippen MR) is 158 cm³/mol. The number of esters is 1. The topological polar surface area (TPSA) is 26.3 Å². The molecule has 0 saturated carbocycles. The molecular formula is C35H45FO2. The lowest BCUT2D eigenvalue weighted by molar-refractivity contribution is -0.147. The van der Waals surface area contributed by atoms with Gasteiger partial charge in [0.2, 0.25) is 5.67 Å². The lowest BCUT2D eigenvalue weighted by Gasteiger charge is -2.18. The minimum absolute atomic E-state index is 0.195. The molecule has 3 aromatic carbocycles. The van der Waals surface area contributed by atoms with Gasteiger partial charge in [-0.05, 0) is 72.6 Å². The van der Waals surface area contributed by atoms with Crippen molar-refractivity contribution in [2.24, 2.45) is 0 Å². The molecule has 0 aromatic heterocycles. The number of halogens is 1.